The van der Waals surface area contributed by atoms with Crippen molar-refractivity contribution in [2.45, 2.75) is 48.9 Å². The highest BCUT2D eigenvalue weighted by Gasteiger charge is 2.36. The zero-order valence-electron chi connectivity index (χ0n) is 20.8. The van der Waals surface area contributed by atoms with E-state index in [0.29, 0.717) is 35.5 Å². The predicted molar refractivity (Wildman–Crippen MR) is 144 cm³/mol. The maximum Gasteiger partial charge on any atom is 0.219 e. The SMILES string of the molecule is CC(=O)N1CCC(C)(c2nsc(Nc3ncc(Sc4ccccn4)cc3Oc3cccnc3C)n2)CC1. The summed E-state index contributed by atoms with van der Waals surface area (Å²) in [6, 6.07) is 11.4. The Morgan fingerprint density at radius 3 is 2.65 bits per heavy atom. The minimum absolute atomic E-state index is 0.114. The van der Waals surface area contributed by atoms with E-state index in [9.17, 15) is 4.79 Å². The average molecular weight is 534 g/mol. The van der Waals surface area contributed by atoms with Crippen molar-refractivity contribution in [3.8, 4) is 11.5 Å². The van der Waals surface area contributed by atoms with Crippen LogP contribution in [-0.4, -0.2) is 48.2 Å². The molecule has 5 rings (SSSR count). The number of pyridine rings is 3. The Balaban J connectivity index is 1.39. The lowest BCUT2D eigenvalue weighted by Crippen LogP contribution is -2.43. The summed E-state index contributed by atoms with van der Waals surface area (Å²) in [6.45, 7) is 7.11. The zero-order valence-corrected chi connectivity index (χ0v) is 22.5. The van der Waals surface area contributed by atoms with Gasteiger partial charge in [-0.05, 0) is 44.0 Å². The number of carbonyl (C=O) groups excluding carboxylic acids is 1. The van der Waals surface area contributed by atoms with Crippen LogP contribution in [-0.2, 0) is 10.2 Å². The molecule has 0 unspecified atom stereocenters. The van der Waals surface area contributed by atoms with Crippen LogP contribution in [0.2, 0.25) is 0 Å². The molecule has 1 aliphatic rings. The van der Waals surface area contributed by atoms with Gasteiger partial charge in [-0.2, -0.15) is 4.37 Å². The van der Waals surface area contributed by atoms with Crippen LogP contribution < -0.4 is 10.1 Å². The molecule has 4 aromatic rings. The third-order valence-electron chi connectivity index (χ3n) is 6.37. The number of hydrogen-bond donors (Lipinski definition) is 1. The number of rotatable bonds is 7. The third-order valence-corrected chi connectivity index (χ3v) is 7.91. The molecule has 11 heteroatoms. The number of piperidine rings is 1. The minimum Gasteiger partial charge on any atom is -0.452 e. The molecule has 9 nitrogen and oxygen atoms in total. The molecule has 1 amide bonds. The van der Waals surface area contributed by atoms with Gasteiger partial charge in [0.05, 0.1) is 5.69 Å². The summed E-state index contributed by atoms with van der Waals surface area (Å²) < 4.78 is 10.9. The van der Waals surface area contributed by atoms with Crippen molar-refractivity contribution >= 4 is 40.2 Å². The molecule has 1 fully saturated rings. The monoisotopic (exact) mass is 533 g/mol. The summed E-state index contributed by atoms with van der Waals surface area (Å²) in [6.07, 6.45) is 6.94. The van der Waals surface area contributed by atoms with Crippen LogP contribution in [0.25, 0.3) is 0 Å². The standard InChI is InChI=1S/C26H27N7O2S2/c1-17-20(7-6-12-27-17)35-21-15-19(36-22-8-4-5-11-28-22)16-29-23(21)30-25-31-24(32-37-25)26(3)9-13-33(14-10-26)18(2)34/h4-8,11-12,15-16H,9-10,13-14H2,1-3H3,(H,29,30,31,32). The van der Waals surface area contributed by atoms with Crippen LogP contribution in [0.4, 0.5) is 10.9 Å². The van der Waals surface area contributed by atoms with E-state index in [4.69, 9.17) is 9.72 Å². The van der Waals surface area contributed by atoms with E-state index in [1.807, 2.05) is 48.2 Å². The number of nitrogens with zero attached hydrogens (tertiary/aromatic N) is 6. The molecule has 1 N–H and O–H groups in total. The van der Waals surface area contributed by atoms with Crippen LogP contribution in [0.3, 0.4) is 0 Å². The minimum atomic E-state index is -0.175. The van der Waals surface area contributed by atoms with Crippen molar-refractivity contribution in [3.05, 3.63) is 66.5 Å². The van der Waals surface area contributed by atoms with E-state index >= 15 is 0 Å². The van der Waals surface area contributed by atoms with E-state index in [1.165, 1.54) is 23.3 Å². The van der Waals surface area contributed by atoms with Crippen LogP contribution in [0, 0.1) is 6.92 Å². The molecule has 0 aromatic carbocycles. The average Bonchev–Trinajstić information content (AvgIpc) is 3.37. The molecule has 0 saturated carbocycles. The lowest BCUT2D eigenvalue weighted by molar-refractivity contribution is -0.130. The normalized spacial score (nSPS) is 14.8. The number of aromatic nitrogens is 5. The fourth-order valence-corrected chi connectivity index (χ4v) is 5.51. The zero-order chi connectivity index (χ0) is 25.8. The summed E-state index contributed by atoms with van der Waals surface area (Å²) >= 11 is 2.80. The fraction of sp³-hybridized carbons (Fsp3) is 0.308. The summed E-state index contributed by atoms with van der Waals surface area (Å²) in [4.78, 5) is 32.7. The number of nitrogens with one attached hydrogen (secondary N) is 1. The van der Waals surface area contributed by atoms with E-state index in [1.54, 1.807) is 25.5 Å². The van der Waals surface area contributed by atoms with Gasteiger partial charge in [0.25, 0.3) is 0 Å². The molecule has 1 aliphatic heterocycles. The molecule has 0 atom stereocenters. The van der Waals surface area contributed by atoms with Crippen LogP contribution in [0.1, 0.15) is 38.2 Å². The highest BCUT2D eigenvalue weighted by atomic mass is 32.2. The molecule has 5 heterocycles. The molecule has 190 valence electrons. The van der Waals surface area contributed by atoms with E-state index in [-0.39, 0.29) is 11.3 Å². The smallest absolute Gasteiger partial charge is 0.219 e. The lowest BCUT2D eigenvalue weighted by atomic mass is 9.79. The van der Waals surface area contributed by atoms with Gasteiger partial charge in [-0.15, -0.1) is 0 Å². The van der Waals surface area contributed by atoms with E-state index in [0.717, 1.165) is 34.3 Å². The lowest BCUT2D eigenvalue weighted by Gasteiger charge is -2.37. The molecule has 4 aromatic heterocycles. The first-order valence-electron chi connectivity index (χ1n) is 11.9. The van der Waals surface area contributed by atoms with Gasteiger partial charge in [0.1, 0.15) is 10.8 Å². The molecule has 37 heavy (non-hydrogen) atoms. The van der Waals surface area contributed by atoms with E-state index < -0.39 is 0 Å². The van der Waals surface area contributed by atoms with Gasteiger partial charge >= 0.3 is 0 Å². The van der Waals surface area contributed by atoms with Crippen LogP contribution in [0.15, 0.2) is 64.9 Å². The molecule has 0 spiro atoms. The summed E-state index contributed by atoms with van der Waals surface area (Å²) in [7, 11) is 0. The number of hydrogen-bond acceptors (Lipinski definition) is 10. The topological polar surface area (TPSA) is 106 Å². The summed E-state index contributed by atoms with van der Waals surface area (Å²) in [5.74, 6) is 2.64. The second-order valence-electron chi connectivity index (χ2n) is 9.09. The van der Waals surface area contributed by atoms with Crippen molar-refractivity contribution in [2.24, 2.45) is 0 Å². The fourth-order valence-electron chi connectivity index (χ4n) is 4.04. The molecule has 1 saturated heterocycles. The molecule has 0 bridgehead atoms. The maximum atomic E-state index is 11.7. The first kappa shape index (κ1) is 25.1. The van der Waals surface area contributed by atoms with Gasteiger partial charge in [-0.1, -0.05) is 24.8 Å². The predicted octanol–water partition coefficient (Wildman–Crippen LogP) is 5.62. The Kier molecular flexibility index (Phi) is 7.33. The number of carbonyl (C=O) groups is 1. The quantitative estimate of drug-likeness (QED) is 0.324. The second-order valence-corrected chi connectivity index (χ2v) is 10.9. The highest BCUT2D eigenvalue weighted by Crippen LogP contribution is 2.38. The molecular weight excluding hydrogens is 506 g/mol. The summed E-state index contributed by atoms with van der Waals surface area (Å²) in [5.41, 5.74) is 0.602. The first-order chi connectivity index (χ1) is 17.9. The number of ether oxygens (including phenoxy) is 1. The molecule has 0 aliphatic carbocycles. The first-order valence-corrected chi connectivity index (χ1v) is 13.5. The Hall–Kier alpha value is -3.57. The van der Waals surface area contributed by atoms with Crippen molar-refractivity contribution < 1.29 is 9.53 Å². The number of anilines is 2. The number of likely N-dealkylation sites (tertiary alicyclic amines) is 1. The van der Waals surface area contributed by atoms with Crippen molar-refractivity contribution in [1.82, 2.24) is 29.2 Å². The Labute approximate surface area is 223 Å². The van der Waals surface area contributed by atoms with Gasteiger partial charge in [-0.3, -0.25) is 9.78 Å². The Morgan fingerprint density at radius 1 is 1.11 bits per heavy atom. The summed E-state index contributed by atoms with van der Waals surface area (Å²) in [5, 5.41) is 4.81. The highest BCUT2D eigenvalue weighted by molar-refractivity contribution is 7.99. The van der Waals surface area contributed by atoms with E-state index in [2.05, 4.69) is 31.6 Å². The molecule has 0 radical (unpaired) electrons. The molecular formula is C26H27N7O2S2. The van der Waals surface area contributed by atoms with Crippen LogP contribution in [0.5, 0.6) is 11.5 Å². The van der Waals surface area contributed by atoms with Gasteiger partial charge in [-0.25, -0.2) is 15.0 Å². The largest absolute Gasteiger partial charge is 0.452 e. The van der Waals surface area contributed by atoms with Gasteiger partial charge in [0.2, 0.25) is 11.0 Å². The third kappa shape index (κ3) is 5.89. The van der Waals surface area contributed by atoms with Crippen LogP contribution >= 0.6 is 23.3 Å². The van der Waals surface area contributed by atoms with Gasteiger partial charge in [0.15, 0.2) is 17.4 Å². The van der Waals surface area contributed by atoms with Crippen molar-refractivity contribution in [2.75, 3.05) is 18.4 Å². The Bertz CT molecular complexity index is 1390. The van der Waals surface area contributed by atoms with Crippen molar-refractivity contribution in [3.63, 3.8) is 0 Å². The van der Waals surface area contributed by atoms with Gasteiger partial charge in [0, 0.05) is 66.5 Å². The van der Waals surface area contributed by atoms with Crippen molar-refractivity contribution in [1.29, 1.82) is 0 Å². The second kappa shape index (κ2) is 10.8. The maximum absolute atomic E-state index is 11.7. The number of aryl methyl sites for hydroxylation is 1. The van der Waals surface area contributed by atoms with Gasteiger partial charge < -0.3 is 15.0 Å². The number of amides is 1. The Morgan fingerprint density at radius 2 is 1.92 bits per heavy atom.